The van der Waals surface area contributed by atoms with E-state index in [9.17, 15) is 0 Å². The van der Waals surface area contributed by atoms with Gasteiger partial charge in [-0.15, -0.1) is 0 Å². The standard InChI is InChI=1S/C14H25N3/c1-4-14-16-7-8-17(14)13-9-11(10(2)3)5-6-12(13)15/h7-8,10-13H,4-6,9,15H2,1-3H3. The zero-order valence-corrected chi connectivity index (χ0v) is 11.3. The lowest BCUT2D eigenvalue weighted by Crippen LogP contribution is -2.39. The van der Waals surface area contributed by atoms with Crippen molar-refractivity contribution in [1.29, 1.82) is 0 Å². The molecule has 0 aromatic carbocycles. The molecule has 3 unspecified atom stereocenters. The average Bonchev–Trinajstić information content (AvgIpc) is 2.77. The molecule has 2 N–H and O–H groups in total. The third kappa shape index (κ3) is 2.54. The number of aromatic nitrogens is 2. The Labute approximate surface area is 104 Å². The first-order valence-corrected chi connectivity index (χ1v) is 6.90. The lowest BCUT2D eigenvalue weighted by Gasteiger charge is -2.37. The summed E-state index contributed by atoms with van der Waals surface area (Å²) in [5.41, 5.74) is 6.31. The van der Waals surface area contributed by atoms with Gasteiger partial charge in [0.2, 0.25) is 0 Å². The monoisotopic (exact) mass is 235 g/mol. The summed E-state index contributed by atoms with van der Waals surface area (Å²) in [6.07, 6.45) is 8.64. The Bertz CT molecular complexity index is 356. The van der Waals surface area contributed by atoms with E-state index in [1.54, 1.807) is 0 Å². The van der Waals surface area contributed by atoms with Crippen LogP contribution in [0.15, 0.2) is 12.4 Å². The van der Waals surface area contributed by atoms with E-state index in [0.29, 0.717) is 12.1 Å². The molecule has 1 fully saturated rings. The molecular weight excluding hydrogens is 210 g/mol. The summed E-state index contributed by atoms with van der Waals surface area (Å²) in [6.45, 7) is 6.81. The predicted octanol–water partition coefficient (Wildman–Crippen LogP) is 2.77. The molecule has 0 spiro atoms. The van der Waals surface area contributed by atoms with Gasteiger partial charge in [-0.1, -0.05) is 20.8 Å². The van der Waals surface area contributed by atoms with E-state index in [-0.39, 0.29) is 0 Å². The zero-order valence-electron chi connectivity index (χ0n) is 11.3. The number of rotatable bonds is 3. The van der Waals surface area contributed by atoms with Gasteiger partial charge in [0.05, 0.1) is 6.04 Å². The molecule has 0 radical (unpaired) electrons. The highest BCUT2D eigenvalue weighted by molar-refractivity contribution is 4.99. The molecule has 1 aliphatic rings. The van der Waals surface area contributed by atoms with Gasteiger partial charge in [0.1, 0.15) is 5.82 Å². The second kappa shape index (κ2) is 5.21. The van der Waals surface area contributed by atoms with Gasteiger partial charge in [-0.25, -0.2) is 4.98 Å². The van der Waals surface area contributed by atoms with Crippen molar-refractivity contribution in [3.05, 3.63) is 18.2 Å². The second-order valence-electron chi connectivity index (χ2n) is 5.65. The fraction of sp³-hybridized carbons (Fsp3) is 0.786. The molecule has 0 saturated heterocycles. The molecular formula is C14H25N3. The highest BCUT2D eigenvalue weighted by Crippen LogP contribution is 2.36. The van der Waals surface area contributed by atoms with Crippen molar-refractivity contribution in [1.82, 2.24) is 9.55 Å². The number of nitrogens with two attached hydrogens (primary N) is 1. The maximum Gasteiger partial charge on any atom is 0.108 e. The van der Waals surface area contributed by atoms with Gasteiger partial charge in [-0.3, -0.25) is 0 Å². The van der Waals surface area contributed by atoms with Crippen LogP contribution in [0.2, 0.25) is 0 Å². The maximum atomic E-state index is 6.31. The number of aryl methyl sites for hydroxylation is 1. The third-order valence-electron chi connectivity index (χ3n) is 4.27. The van der Waals surface area contributed by atoms with Gasteiger partial charge >= 0.3 is 0 Å². The van der Waals surface area contributed by atoms with E-state index in [1.165, 1.54) is 18.7 Å². The van der Waals surface area contributed by atoms with E-state index >= 15 is 0 Å². The summed E-state index contributed by atoms with van der Waals surface area (Å²) < 4.78 is 2.32. The molecule has 1 heterocycles. The first-order chi connectivity index (χ1) is 8.13. The Morgan fingerprint density at radius 2 is 2.24 bits per heavy atom. The summed E-state index contributed by atoms with van der Waals surface area (Å²) >= 11 is 0. The summed E-state index contributed by atoms with van der Waals surface area (Å²) in [6, 6.07) is 0.748. The van der Waals surface area contributed by atoms with E-state index in [0.717, 1.165) is 24.7 Å². The van der Waals surface area contributed by atoms with E-state index in [4.69, 9.17) is 5.73 Å². The minimum Gasteiger partial charge on any atom is -0.330 e. The molecule has 96 valence electrons. The van der Waals surface area contributed by atoms with Crippen molar-refractivity contribution >= 4 is 0 Å². The number of hydrogen-bond donors (Lipinski definition) is 1. The molecule has 1 aromatic rings. The molecule has 3 heteroatoms. The fourth-order valence-corrected chi connectivity index (χ4v) is 3.05. The van der Waals surface area contributed by atoms with Crippen LogP contribution in [0.4, 0.5) is 0 Å². The largest absolute Gasteiger partial charge is 0.330 e. The average molecular weight is 235 g/mol. The van der Waals surface area contributed by atoms with Crippen molar-refractivity contribution in [2.45, 2.75) is 58.5 Å². The fourth-order valence-electron chi connectivity index (χ4n) is 3.05. The lowest BCUT2D eigenvalue weighted by molar-refractivity contribution is 0.190. The van der Waals surface area contributed by atoms with Crippen molar-refractivity contribution in [3.63, 3.8) is 0 Å². The summed E-state index contributed by atoms with van der Waals surface area (Å²) in [5.74, 6) is 2.75. The molecule has 17 heavy (non-hydrogen) atoms. The second-order valence-corrected chi connectivity index (χ2v) is 5.65. The van der Waals surface area contributed by atoms with Gasteiger partial charge in [-0.05, 0) is 31.1 Å². The van der Waals surface area contributed by atoms with Gasteiger partial charge in [0.25, 0.3) is 0 Å². The minimum absolute atomic E-state index is 0.296. The molecule has 1 aromatic heterocycles. The quantitative estimate of drug-likeness (QED) is 0.875. The molecule has 1 aliphatic carbocycles. The number of imidazole rings is 1. The van der Waals surface area contributed by atoms with Crippen molar-refractivity contribution in [3.8, 4) is 0 Å². The number of nitrogens with zero attached hydrogens (tertiary/aromatic N) is 2. The van der Waals surface area contributed by atoms with Gasteiger partial charge in [0, 0.05) is 24.9 Å². The molecule has 0 amide bonds. The number of hydrogen-bond acceptors (Lipinski definition) is 2. The van der Waals surface area contributed by atoms with Crippen LogP contribution in [-0.2, 0) is 6.42 Å². The van der Waals surface area contributed by atoms with Gasteiger partial charge in [-0.2, -0.15) is 0 Å². The van der Waals surface area contributed by atoms with Crippen molar-refractivity contribution in [2.75, 3.05) is 0 Å². The van der Waals surface area contributed by atoms with Crippen LogP contribution in [-0.4, -0.2) is 15.6 Å². The normalized spacial score (nSPS) is 29.8. The van der Waals surface area contributed by atoms with E-state index in [1.807, 2.05) is 6.20 Å². The first kappa shape index (κ1) is 12.6. The van der Waals surface area contributed by atoms with Crippen LogP contribution in [0.1, 0.15) is 51.9 Å². The van der Waals surface area contributed by atoms with Crippen LogP contribution in [0.3, 0.4) is 0 Å². The highest BCUT2D eigenvalue weighted by atomic mass is 15.1. The van der Waals surface area contributed by atoms with E-state index < -0.39 is 0 Å². The summed E-state index contributed by atoms with van der Waals surface area (Å²) in [7, 11) is 0. The van der Waals surface area contributed by atoms with Crippen molar-refractivity contribution in [2.24, 2.45) is 17.6 Å². The van der Waals surface area contributed by atoms with Crippen LogP contribution >= 0.6 is 0 Å². The Kier molecular flexibility index (Phi) is 3.87. The molecule has 0 aliphatic heterocycles. The van der Waals surface area contributed by atoms with Gasteiger partial charge in [0.15, 0.2) is 0 Å². The van der Waals surface area contributed by atoms with E-state index in [2.05, 4.69) is 36.5 Å². The van der Waals surface area contributed by atoms with Crippen LogP contribution in [0.5, 0.6) is 0 Å². The van der Waals surface area contributed by atoms with Crippen LogP contribution in [0, 0.1) is 11.8 Å². The summed E-state index contributed by atoms with van der Waals surface area (Å²) in [5, 5.41) is 0. The van der Waals surface area contributed by atoms with Gasteiger partial charge < -0.3 is 10.3 Å². The van der Waals surface area contributed by atoms with Crippen LogP contribution < -0.4 is 5.73 Å². The third-order valence-corrected chi connectivity index (χ3v) is 4.27. The maximum absolute atomic E-state index is 6.31. The Morgan fingerprint density at radius 1 is 1.47 bits per heavy atom. The Morgan fingerprint density at radius 3 is 2.88 bits per heavy atom. The molecule has 0 bridgehead atoms. The zero-order chi connectivity index (χ0) is 12.4. The lowest BCUT2D eigenvalue weighted by atomic mass is 9.77. The molecule has 3 nitrogen and oxygen atoms in total. The SMILES string of the molecule is CCc1nccn1C1CC(C(C)C)CCC1N. The minimum atomic E-state index is 0.296. The Balaban J connectivity index is 2.18. The summed E-state index contributed by atoms with van der Waals surface area (Å²) in [4.78, 5) is 4.42. The molecule has 1 saturated carbocycles. The smallest absolute Gasteiger partial charge is 0.108 e. The Hall–Kier alpha value is -0.830. The topological polar surface area (TPSA) is 43.8 Å². The molecule has 2 rings (SSSR count). The predicted molar refractivity (Wildman–Crippen MR) is 70.8 cm³/mol. The van der Waals surface area contributed by atoms with Crippen LogP contribution in [0.25, 0.3) is 0 Å². The first-order valence-electron chi connectivity index (χ1n) is 6.90. The van der Waals surface area contributed by atoms with Crippen molar-refractivity contribution < 1.29 is 0 Å². The molecule has 3 atom stereocenters. The highest BCUT2D eigenvalue weighted by Gasteiger charge is 2.31.